The summed E-state index contributed by atoms with van der Waals surface area (Å²) in [5.74, 6) is 1.72. The zero-order valence-corrected chi connectivity index (χ0v) is 12.2. The van der Waals surface area contributed by atoms with Gasteiger partial charge < -0.3 is 10.1 Å². The summed E-state index contributed by atoms with van der Waals surface area (Å²) in [6, 6.07) is 8.97. The van der Waals surface area contributed by atoms with E-state index in [0.29, 0.717) is 12.0 Å². The molecule has 0 saturated carbocycles. The summed E-state index contributed by atoms with van der Waals surface area (Å²) in [5.41, 5.74) is 1.33. The quantitative estimate of drug-likeness (QED) is 0.759. The highest BCUT2D eigenvalue weighted by Gasteiger charge is 2.12. The minimum Gasteiger partial charge on any atom is -0.493 e. The van der Waals surface area contributed by atoms with Crippen LogP contribution < -0.4 is 10.1 Å². The van der Waals surface area contributed by atoms with Gasteiger partial charge >= 0.3 is 0 Å². The second-order valence-corrected chi connectivity index (χ2v) is 5.13. The minimum atomic E-state index is 0.573. The molecule has 0 amide bonds. The number of rotatable bonds is 8. The molecule has 1 unspecified atom stereocenters. The van der Waals surface area contributed by atoms with Crippen molar-refractivity contribution in [3.05, 3.63) is 29.8 Å². The monoisotopic (exact) mass is 249 g/mol. The first kappa shape index (κ1) is 15.0. The van der Waals surface area contributed by atoms with E-state index in [-0.39, 0.29) is 0 Å². The normalized spacial score (nSPS) is 12.7. The smallest absolute Gasteiger partial charge is 0.122 e. The van der Waals surface area contributed by atoms with E-state index in [1.54, 1.807) is 0 Å². The van der Waals surface area contributed by atoms with Gasteiger partial charge in [0.05, 0.1) is 6.61 Å². The van der Waals surface area contributed by atoms with Gasteiger partial charge in [0.15, 0.2) is 0 Å². The summed E-state index contributed by atoms with van der Waals surface area (Å²) >= 11 is 0. The molecule has 2 nitrogen and oxygen atoms in total. The average Bonchev–Trinajstić information content (AvgIpc) is 2.38. The van der Waals surface area contributed by atoms with Crippen molar-refractivity contribution in [2.75, 3.05) is 13.7 Å². The number of nitrogens with one attached hydrogen (secondary N) is 1. The summed E-state index contributed by atoms with van der Waals surface area (Å²) in [7, 11) is 2.05. The number of para-hydroxylation sites is 1. The van der Waals surface area contributed by atoms with Gasteiger partial charge in [0, 0.05) is 6.04 Å². The van der Waals surface area contributed by atoms with Crippen molar-refractivity contribution >= 4 is 0 Å². The summed E-state index contributed by atoms with van der Waals surface area (Å²) in [6.45, 7) is 7.47. The SMILES string of the molecule is CCCOc1ccccc1CCC(NC)C(C)C. The Morgan fingerprint density at radius 3 is 2.56 bits per heavy atom. The van der Waals surface area contributed by atoms with E-state index in [0.717, 1.165) is 31.6 Å². The molecule has 1 atom stereocenters. The number of aryl methyl sites for hydroxylation is 1. The Bertz CT molecular complexity index is 336. The molecule has 2 heteroatoms. The standard InChI is InChI=1S/C16H27NO/c1-5-12-18-16-9-7-6-8-14(16)10-11-15(17-4)13(2)3/h6-9,13,15,17H,5,10-12H2,1-4H3. The highest BCUT2D eigenvalue weighted by atomic mass is 16.5. The lowest BCUT2D eigenvalue weighted by Crippen LogP contribution is -2.31. The molecular weight excluding hydrogens is 222 g/mol. The molecule has 1 aromatic rings. The zero-order chi connectivity index (χ0) is 13.4. The van der Waals surface area contributed by atoms with Gasteiger partial charge in [-0.2, -0.15) is 0 Å². The maximum absolute atomic E-state index is 5.79. The summed E-state index contributed by atoms with van der Waals surface area (Å²) in [6.07, 6.45) is 3.28. The molecule has 1 N–H and O–H groups in total. The molecule has 0 aliphatic heterocycles. The maximum Gasteiger partial charge on any atom is 0.122 e. The fraction of sp³-hybridized carbons (Fsp3) is 0.625. The third kappa shape index (κ3) is 4.69. The van der Waals surface area contributed by atoms with Crippen LogP contribution in [0.4, 0.5) is 0 Å². The molecule has 0 spiro atoms. The van der Waals surface area contributed by atoms with Crippen LogP contribution in [0.3, 0.4) is 0 Å². The van der Waals surface area contributed by atoms with Gasteiger partial charge in [0.1, 0.15) is 5.75 Å². The summed E-state index contributed by atoms with van der Waals surface area (Å²) in [5, 5.41) is 3.39. The lowest BCUT2D eigenvalue weighted by molar-refractivity contribution is 0.312. The molecule has 0 heterocycles. The van der Waals surface area contributed by atoms with Crippen LogP contribution >= 0.6 is 0 Å². The van der Waals surface area contributed by atoms with E-state index in [1.165, 1.54) is 5.56 Å². The van der Waals surface area contributed by atoms with E-state index < -0.39 is 0 Å². The van der Waals surface area contributed by atoms with E-state index in [4.69, 9.17) is 4.74 Å². The molecule has 0 aliphatic carbocycles. The lowest BCUT2D eigenvalue weighted by Gasteiger charge is -2.20. The topological polar surface area (TPSA) is 21.3 Å². The number of ether oxygens (including phenoxy) is 1. The van der Waals surface area contributed by atoms with Crippen LogP contribution in [-0.2, 0) is 6.42 Å². The van der Waals surface area contributed by atoms with Crippen molar-refractivity contribution < 1.29 is 4.74 Å². The van der Waals surface area contributed by atoms with Crippen molar-refractivity contribution in [2.24, 2.45) is 5.92 Å². The van der Waals surface area contributed by atoms with Crippen molar-refractivity contribution in [1.82, 2.24) is 5.32 Å². The number of benzene rings is 1. The van der Waals surface area contributed by atoms with Crippen LogP contribution in [0.25, 0.3) is 0 Å². The molecule has 102 valence electrons. The lowest BCUT2D eigenvalue weighted by atomic mass is 9.96. The Labute approximate surface area is 112 Å². The van der Waals surface area contributed by atoms with Gasteiger partial charge in [0.2, 0.25) is 0 Å². The van der Waals surface area contributed by atoms with Gasteiger partial charge in [0.25, 0.3) is 0 Å². The Balaban J connectivity index is 2.60. The zero-order valence-electron chi connectivity index (χ0n) is 12.2. The molecule has 1 aromatic carbocycles. The van der Waals surface area contributed by atoms with Crippen LogP contribution in [0.1, 0.15) is 39.2 Å². The maximum atomic E-state index is 5.79. The molecule has 0 radical (unpaired) electrons. The second-order valence-electron chi connectivity index (χ2n) is 5.13. The fourth-order valence-electron chi connectivity index (χ4n) is 2.19. The van der Waals surface area contributed by atoms with Crippen molar-refractivity contribution in [3.8, 4) is 5.75 Å². The third-order valence-electron chi connectivity index (χ3n) is 3.33. The Hall–Kier alpha value is -1.02. The van der Waals surface area contributed by atoms with Gasteiger partial charge in [-0.1, -0.05) is 39.0 Å². The van der Waals surface area contributed by atoms with E-state index in [9.17, 15) is 0 Å². The van der Waals surface area contributed by atoms with Crippen LogP contribution in [0.2, 0.25) is 0 Å². The molecule has 0 saturated heterocycles. The largest absolute Gasteiger partial charge is 0.493 e. The van der Waals surface area contributed by atoms with Crippen LogP contribution in [-0.4, -0.2) is 19.7 Å². The summed E-state index contributed by atoms with van der Waals surface area (Å²) in [4.78, 5) is 0. The molecule has 0 aliphatic rings. The average molecular weight is 249 g/mol. The second kappa shape index (κ2) is 8.15. The summed E-state index contributed by atoms with van der Waals surface area (Å²) < 4.78 is 5.79. The third-order valence-corrected chi connectivity index (χ3v) is 3.33. The van der Waals surface area contributed by atoms with Gasteiger partial charge in [-0.15, -0.1) is 0 Å². The fourth-order valence-corrected chi connectivity index (χ4v) is 2.19. The van der Waals surface area contributed by atoms with E-state index in [2.05, 4.69) is 44.3 Å². The minimum absolute atomic E-state index is 0.573. The van der Waals surface area contributed by atoms with Crippen LogP contribution in [0.5, 0.6) is 5.75 Å². The molecule has 18 heavy (non-hydrogen) atoms. The predicted molar refractivity (Wildman–Crippen MR) is 78.2 cm³/mol. The number of hydrogen-bond donors (Lipinski definition) is 1. The van der Waals surface area contributed by atoms with Crippen molar-refractivity contribution in [3.63, 3.8) is 0 Å². The molecule has 0 fully saturated rings. The number of hydrogen-bond acceptors (Lipinski definition) is 2. The molecule has 0 aromatic heterocycles. The molecule has 0 bridgehead atoms. The predicted octanol–water partition coefficient (Wildman–Crippen LogP) is 3.65. The van der Waals surface area contributed by atoms with E-state index in [1.807, 2.05) is 13.1 Å². The van der Waals surface area contributed by atoms with Gasteiger partial charge in [-0.3, -0.25) is 0 Å². The first-order valence-corrected chi connectivity index (χ1v) is 7.07. The highest BCUT2D eigenvalue weighted by Crippen LogP contribution is 2.21. The van der Waals surface area contributed by atoms with Crippen LogP contribution in [0.15, 0.2) is 24.3 Å². The van der Waals surface area contributed by atoms with E-state index >= 15 is 0 Å². The van der Waals surface area contributed by atoms with Crippen molar-refractivity contribution in [1.29, 1.82) is 0 Å². The first-order chi connectivity index (χ1) is 8.69. The Kier molecular flexibility index (Phi) is 6.81. The first-order valence-electron chi connectivity index (χ1n) is 7.07. The molecule has 1 rings (SSSR count). The Morgan fingerprint density at radius 1 is 1.22 bits per heavy atom. The van der Waals surface area contributed by atoms with Gasteiger partial charge in [-0.25, -0.2) is 0 Å². The van der Waals surface area contributed by atoms with Gasteiger partial charge in [-0.05, 0) is 43.9 Å². The highest BCUT2D eigenvalue weighted by molar-refractivity contribution is 5.33. The van der Waals surface area contributed by atoms with Crippen molar-refractivity contribution in [2.45, 2.75) is 46.1 Å². The van der Waals surface area contributed by atoms with Crippen LogP contribution in [0, 0.1) is 5.92 Å². The molecular formula is C16H27NO. The Morgan fingerprint density at radius 2 is 1.94 bits per heavy atom.